The molecule has 0 unspecified atom stereocenters. The molecule has 12 heteroatoms. The largest absolute Gasteiger partial charge is 0.452 e. The maximum atomic E-state index is 12.1. The van der Waals surface area contributed by atoms with E-state index in [0.29, 0.717) is 5.02 Å². The summed E-state index contributed by atoms with van der Waals surface area (Å²) in [5.41, 5.74) is -0.341. The number of halogens is 1. The first kappa shape index (κ1) is 23.3. The second-order valence-electron chi connectivity index (χ2n) is 6.00. The minimum absolute atomic E-state index is 0.0162. The van der Waals surface area contributed by atoms with Crippen molar-refractivity contribution >= 4 is 44.9 Å². The number of rotatable bonds is 9. The number of carbonyl (C=O) groups excluding carboxylic acids is 2. The molecule has 10 nitrogen and oxygen atoms in total. The van der Waals surface area contributed by atoms with Gasteiger partial charge in [0.25, 0.3) is 11.6 Å². The Balaban J connectivity index is 1.85. The molecule has 160 valence electrons. The van der Waals surface area contributed by atoms with E-state index in [9.17, 15) is 28.1 Å². The molecular formula is C18H18ClN3O7S. The number of hydrogen-bond donors (Lipinski definition) is 2. The van der Waals surface area contributed by atoms with Gasteiger partial charge < -0.3 is 10.1 Å². The van der Waals surface area contributed by atoms with E-state index in [1.165, 1.54) is 55.5 Å². The molecule has 0 aromatic heterocycles. The summed E-state index contributed by atoms with van der Waals surface area (Å²) < 4.78 is 31.4. The lowest BCUT2D eigenvalue weighted by molar-refractivity contribution is -0.383. The maximum Gasteiger partial charge on any atom is 0.307 e. The zero-order valence-electron chi connectivity index (χ0n) is 15.7. The van der Waals surface area contributed by atoms with E-state index in [4.69, 9.17) is 16.3 Å². The van der Waals surface area contributed by atoms with Gasteiger partial charge in [-0.25, -0.2) is 13.1 Å². The zero-order chi connectivity index (χ0) is 22.3. The van der Waals surface area contributed by atoms with Crippen molar-refractivity contribution in [3.63, 3.8) is 0 Å². The number of nitrogens with zero attached hydrogens (tertiary/aromatic N) is 1. The predicted octanol–water partition coefficient (Wildman–Crippen LogP) is 2.49. The topological polar surface area (TPSA) is 145 Å². The van der Waals surface area contributed by atoms with Gasteiger partial charge >= 0.3 is 5.97 Å². The number of esters is 1. The molecule has 0 radical (unpaired) electrons. The molecule has 1 atom stereocenters. The van der Waals surface area contributed by atoms with Crippen molar-refractivity contribution in [3.05, 3.63) is 63.7 Å². The Morgan fingerprint density at radius 3 is 2.43 bits per heavy atom. The average Bonchev–Trinajstić information content (AvgIpc) is 2.68. The van der Waals surface area contributed by atoms with E-state index in [-0.39, 0.29) is 29.2 Å². The predicted molar refractivity (Wildman–Crippen MR) is 109 cm³/mol. The summed E-state index contributed by atoms with van der Waals surface area (Å²) in [6, 6.07) is 11.0. The SMILES string of the molecule is C[C@@H](OC(=O)CCNS(=O)(=O)c1ccc(Cl)cc1)C(=O)Nc1ccccc1[N+](=O)[O-]. The molecule has 2 aromatic carbocycles. The Labute approximate surface area is 177 Å². The van der Waals surface area contributed by atoms with Gasteiger partial charge in [0.1, 0.15) is 5.69 Å². The number of nitro groups is 1. The molecule has 0 fully saturated rings. The number of anilines is 1. The van der Waals surface area contributed by atoms with Crippen LogP contribution in [0.2, 0.25) is 5.02 Å². The molecule has 0 spiro atoms. The van der Waals surface area contributed by atoms with Crippen LogP contribution in [0.15, 0.2) is 53.4 Å². The van der Waals surface area contributed by atoms with E-state index < -0.39 is 32.9 Å². The zero-order valence-corrected chi connectivity index (χ0v) is 17.3. The van der Waals surface area contributed by atoms with Gasteiger partial charge in [0, 0.05) is 17.6 Å². The summed E-state index contributed by atoms with van der Waals surface area (Å²) in [6.07, 6.45) is -1.57. The lowest BCUT2D eigenvalue weighted by Crippen LogP contribution is -2.32. The number of para-hydroxylation sites is 2. The van der Waals surface area contributed by atoms with Gasteiger partial charge in [-0.15, -0.1) is 0 Å². The molecule has 0 heterocycles. The minimum Gasteiger partial charge on any atom is -0.452 e. The smallest absolute Gasteiger partial charge is 0.307 e. The van der Waals surface area contributed by atoms with Crippen molar-refractivity contribution in [1.82, 2.24) is 4.72 Å². The van der Waals surface area contributed by atoms with E-state index in [1.54, 1.807) is 0 Å². The molecule has 1 amide bonds. The molecule has 0 aliphatic heterocycles. The van der Waals surface area contributed by atoms with Crippen LogP contribution in [-0.4, -0.2) is 37.9 Å². The second kappa shape index (κ2) is 10.1. The fourth-order valence-electron chi connectivity index (χ4n) is 2.27. The summed E-state index contributed by atoms with van der Waals surface area (Å²) in [5.74, 6) is -1.58. The Kier molecular flexibility index (Phi) is 7.86. The Hall–Kier alpha value is -3.02. The summed E-state index contributed by atoms with van der Waals surface area (Å²) in [4.78, 5) is 34.3. The van der Waals surface area contributed by atoms with Crippen molar-refractivity contribution in [2.24, 2.45) is 0 Å². The highest BCUT2D eigenvalue weighted by Crippen LogP contribution is 2.23. The minimum atomic E-state index is -3.83. The fourth-order valence-corrected chi connectivity index (χ4v) is 3.42. The number of amides is 1. The Morgan fingerprint density at radius 2 is 1.80 bits per heavy atom. The van der Waals surface area contributed by atoms with Crippen LogP contribution < -0.4 is 10.0 Å². The second-order valence-corrected chi connectivity index (χ2v) is 8.20. The molecule has 2 N–H and O–H groups in total. The molecule has 2 aromatic rings. The number of hydrogen-bond acceptors (Lipinski definition) is 7. The molecule has 0 bridgehead atoms. The lowest BCUT2D eigenvalue weighted by Gasteiger charge is -2.14. The Morgan fingerprint density at radius 1 is 1.17 bits per heavy atom. The summed E-state index contributed by atoms with van der Waals surface area (Å²) in [5, 5.41) is 13.7. The van der Waals surface area contributed by atoms with Crippen molar-refractivity contribution in [3.8, 4) is 0 Å². The Bertz CT molecular complexity index is 1040. The van der Waals surface area contributed by atoms with Gasteiger partial charge in [0.15, 0.2) is 6.10 Å². The van der Waals surface area contributed by atoms with Crippen LogP contribution in [0, 0.1) is 10.1 Å². The summed E-state index contributed by atoms with van der Waals surface area (Å²) in [7, 11) is -3.83. The van der Waals surface area contributed by atoms with Crippen LogP contribution in [-0.2, 0) is 24.3 Å². The third kappa shape index (κ3) is 6.51. The first-order valence-corrected chi connectivity index (χ1v) is 10.5. The first-order valence-electron chi connectivity index (χ1n) is 8.59. The highest BCUT2D eigenvalue weighted by Gasteiger charge is 2.22. The quantitative estimate of drug-likeness (QED) is 0.335. The number of nitro benzene ring substituents is 1. The lowest BCUT2D eigenvalue weighted by atomic mass is 10.2. The van der Waals surface area contributed by atoms with E-state index in [2.05, 4.69) is 10.0 Å². The third-order valence-electron chi connectivity index (χ3n) is 3.78. The first-order chi connectivity index (χ1) is 14.1. The van der Waals surface area contributed by atoms with E-state index in [1.807, 2.05) is 0 Å². The highest BCUT2D eigenvalue weighted by atomic mass is 35.5. The standard InChI is InChI=1S/C18H18ClN3O7S/c1-12(18(24)21-15-4-2-3-5-16(15)22(25)26)29-17(23)10-11-20-30(27,28)14-8-6-13(19)7-9-14/h2-9,12,20H,10-11H2,1H3,(H,21,24)/t12-/m1/s1. The van der Waals surface area contributed by atoms with Crippen molar-refractivity contribution < 1.29 is 27.7 Å². The van der Waals surface area contributed by atoms with Crippen molar-refractivity contribution in [2.75, 3.05) is 11.9 Å². The molecule has 0 saturated carbocycles. The molecule has 2 rings (SSSR count). The van der Waals surface area contributed by atoms with Gasteiger partial charge in [-0.3, -0.25) is 19.7 Å². The number of nitrogens with one attached hydrogen (secondary N) is 2. The molecule has 0 aliphatic carbocycles. The van der Waals surface area contributed by atoms with Gasteiger partial charge in [-0.05, 0) is 37.3 Å². The fraction of sp³-hybridized carbons (Fsp3) is 0.222. The number of sulfonamides is 1. The van der Waals surface area contributed by atoms with Crippen LogP contribution in [0.1, 0.15) is 13.3 Å². The molecule has 0 aliphatic rings. The van der Waals surface area contributed by atoms with Crippen molar-refractivity contribution in [1.29, 1.82) is 0 Å². The highest BCUT2D eigenvalue weighted by molar-refractivity contribution is 7.89. The average molecular weight is 456 g/mol. The monoisotopic (exact) mass is 455 g/mol. The van der Waals surface area contributed by atoms with Gasteiger partial charge in [0.2, 0.25) is 10.0 Å². The number of ether oxygens (including phenoxy) is 1. The van der Waals surface area contributed by atoms with Gasteiger partial charge in [-0.1, -0.05) is 23.7 Å². The molecule has 0 saturated heterocycles. The number of carbonyl (C=O) groups is 2. The third-order valence-corrected chi connectivity index (χ3v) is 5.51. The van der Waals surface area contributed by atoms with E-state index in [0.717, 1.165) is 0 Å². The van der Waals surface area contributed by atoms with Crippen LogP contribution in [0.3, 0.4) is 0 Å². The van der Waals surface area contributed by atoms with Crippen LogP contribution >= 0.6 is 11.6 Å². The van der Waals surface area contributed by atoms with Crippen LogP contribution in [0.4, 0.5) is 11.4 Å². The van der Waals surface area contributed by atoms with E-state index >= 15 is 0 Å². The normalized spacial score (nSPS) is 12.1. The molecular weight excluding hydrogens is 438 g/mol. The van der Waals surface area contributed by atoms with Crippen LogP contribution in [0.5, 0.6) is 0 Å². The summed E-state index contributed by atoms with van der Waals surface area (Å²) >= 11 is 5.71. The maximum absolute atomic E-state index is 12.1. The van der Waals surface area contributed by atoms with Gasteiger partial charge in [-0.2, -0.15) is 0 Å². The van der Waals surface area contributed by atoms with Crippen molar-refractivity contribution in [2.45, 2.75) is 24.3 Å². The molecule has 30 heavy (non-hydrogen) atoms. The van der Waals surface area contributed by atoms with Gasteiger partial charge in [0.05, 0.1) is 16.2 Å². The van der Waals surface area contributed by atoms with Crippen LogP contribution in [0.25, 0.3) is 0 Å². The number of benzene rings is 2. The summed E-state index contributed by atoms with van der Waals surface area (Å²) in [6.45, 7) is 1.04.